The SMILES string of the molecule is CC(CN1C(=O)CC(C)C1=O)C(=N)N=C(N)CC(=N)C(C)(C)C. The molecule has 2 amide bonds. The molecular formula is C16H27N5O2. The van der Waals surface area contributed by atoms with Crippen LogP contribution in [-0.2, 0) is 9.59 Å². The van der Waals surface area contributed by atoms with E-state index in [0.717, 1.165) is 0 Å². The van der Waals surface area contributed by atoms with Gasteiger partial charge in [-0.3, -0.25) is 19.9 Å². The minimum Gasteiger partial charge on any atom is -0.387 e. The number of aliphatic imine (C=N–C) groups is 1. The second-order valence-electron chi connectivity index (χ2n) is 7.24. The van der Waals surface area contributed by atoms with Crippen molar-refractivity contribution >= 4 is 29.2 Å². The van der Waals surface area contributed by atoms with Crippen molar-refractivity contribution in [1.29, 1.82) is 10.8 Å². The highest BCUT2D eigenvalue weighted by Crippen LogP contribution is 2.20. The number of nitrogens with zero attached hydrogens (tertiary/aromatic N) is 2. The van der Waals surface area contributed by atoms with Gasteiger partial charge in [0.15, 0.2) is 0 Å². The molecule has 1 rings (SSSR count). The van der Waals surface area contributed by atoms with E-state index >= 15 is 0 Å². The quantitative estimate of drug-likeness (QED) is 0.406. The Balaban J connectivity index is 2.67. The van der Waals surface area contributed by atoms with Gasteiger partial charge in [0.05, 0.1) is 0 Å². The Morgan fingerprint density at radius 3 is 2.39 bits per heavy atom. The molecule has 0 spiro atoms. The fraction of sp³-hybridized carbons (Fsp3) is 0.688. The molecule has 2 atom stereocenters. The zero-order valence-corrected chi connectivity index (χ0v) is 14.6. The molecule has 23 heavy (non-hydrogen) atoms. The summed E-state index contributed by atoms with van der Waals surface area (Å²) in [4.78, 5) is 28.9. The summed E-state index contributed by atoms with van der Waals surface area (Å²) >= 11 is 0. The lowest BCUT2D eigenvalue weighted by Gasteiger charge is -2.20. The Hall–Kier alpha value is -2.05. The van der Waals surface area contributed by atoms with E-state index in [9.17, 15) is 9.59 Å². The van der Waals surface area contributed by atoms with Gasteiger partial charge >= 0.3 is 0 Å². The van der Waals surface area contributed by atoms with E-state index in [1.54, 1.807) is 13.8 Å². The van der Waals surface area contributed by atoms with Crippen LogP contribution in [0.2, 0.25) is 0 Å². The summed E-state index contributed by atoms with van der Waals surface area (Å²) in [6.07, 6.45) is 0.435. The highest BCUT2D eigenvalue weighted by molar-refractivity contribution is 6.08. The normalized spacial score (nSPS) is 20.8. The molecule has 0 bridgehead atoms. The van der Waals surface area contributed by atoms with Gasteiger partial charge in [-0.05, 0) is 5.41 Å². The Morgan fingerprint density at radius 2 is 1.96 bits per heavy atom. The zero-order chi connectivity index (χ0) is 17.9. The lowest BCUT2D eigenvalue weighted by molar-refractivity contribution is -0.139. The second-order valence-corrected chi connectivity index (χ2v) is 7.24. The molecule has 0 aliphatic carbocycles. The van der Waals surface area contributed by atoms with E-state index in [-0.39, 0.29) is 54.2 Å². The molecular weight excluding hydrogens is 294 g/mol. The number of carbonyl (C=O) groups excluding carboxylic acids is 2. The zero-order valence-electron chi connectivity index (χ0n) is 14.6. The first-order valence-corrected chi connectivity index (χ1v) is 7.77. The van der Waals surface area contributed by atoms with Crippen LogP contribution in [-0.4, -0.2) is 40.6 Å². The Bertz CT molecular complexity index is 559. The average Bonchev–Trinajstić information content (AvgIpc) is 2.63. The van der Waals surface area contributed by atoms with E-state index in [1.165, 1.54) is 4.90 Å². The van der Waals surface area contributed by atoms with Gasteiger partial charge in [-0.1, -0.05) is 34.6 Å². The van der Waals surface area contributed by atoms with Gasteiger partial charge in [-0.2, -0.15) is 0 Å². The number of hydrogen-bond acceptors (Lipinski definition) is 4. The minimum atomic E-state index is -0.393. The molecule has 7 heteroatoms. The number of carbonyl (C=O) groups is 2. The van der Waals surface area contributed by atoms with Crippen LogP contribution in [0.3, 0.4) is 0 Å². The van der Waals surface area contributed by atoms with Crippen molar-refractivity contribution in [3.8, 4) is 0 Å². The molecule has 0 radical (unpaired) electrons. The number of rotatable bonds is 5. The Labute approximate surface area is 137 Å². The van der Waals surface area contributed by atoms with Crippen molar-refractivity contribution in [1.82, 2.24) is 4.90 Å². The standard InChI is InChI=1S/C16H27N5O2/c1-9-6-13(22)21(15(9)23)8-10(2)14(19)20-12(18)7-11(17)16(3,4)5/h9-10,17H,6-8H2,1-5H3,(H3,18,19,20). The summed E-state index contributed by atoms with van der Waals surface area (Å²) in [5.74, 6) is -0.853. The van der Waals surface area contributed by atoms with Crippen LogP contribution >= 0.6 is 0 Å². The third kappa shape index (κ3) is 4.97. The number of hydrogen-bond donors (Lipinski definition) is 3. The first-order chi connectivity index (χ1) is 10.4. The van der Waals surface area contributed by atoms with Crippen LogP contribution in [0.25, 0.3) is 0 Å². The molecule has 1 saturated heterocycles. The number of likely N-dealkylation sites (tertiary alicyclic amines) is 1. The van der Waals surface area contributed by atoms with Gasteiger partial charge in [-0.25, -0.2) is 4.99 Å². The third-order valence-electron chi connectivity index (χ3n) is 3.92. The summed E-state index contributed by atoms with van der Waals surface area (Å²) in [5, 5.41) is 15.9. The summed E-state index contributed by atoms with van der Waals surface area (Å²) in [6, 6.07) is 0. The maximum Gasteiger partial charge on any atom is 0.232 e. The van der Waals surface area contributed by atoms with Gasteiger partial charge in [0, 0.05) is 36.9 Å². The number of amides is 2. The lowest BCUT2D eigenvalue weighted by atomic mass is 9.88. The maximum atomic E-state index is 11.9. The van der Waals surface area contributed by atoms with E-state index in [4.69, 9.17) is 16.6 Å². The summed E-state index contributed by atoms with van der Waals surface area (Å²) in [5.41, 5.74) is 5.97. The second kappa shape index (κ2) is 7.02. The molecule has 4 N–H and O–H groups in total. The van der Waals surface area contributed by atoms with Crippen molar-refractivity contribution in [3.05, 3.63) is 0 Å². The number of nitrogens with one attached hydrogen (secondary N) is 2. The highest BCUT2D eigenvalue weighted by atomic mass is 16.2. The smallest absolute Gasteiger partial charge is 0.232 e. The van der Waals surface area contributed by atoms with E-state index in [0.29, 0.717) is 5.71 Å². The molecule has 1 aliphatic rings. The number of imide groups is 1. The van der Waals surface area contributed by atoms with E-state index in [2.05, 4.69) is 4.99 Å². The third-order valence-corrected chi connectivity index (χ3v) is 3.92. The topological polar surface area (TPSA) is 123 Å². The van der Waals surface area contributed by atoms with Crippen LogP contribution < -0.4 is 5.73 Å². The van der Waals surface area contributed by atoms with Crippen molar-refractivity contribution < 1.29 is 9.59 Å². The van der Waals surface area contributed by atoms with Crippen molar-refractivity contribution in [2.75, 3.05) is 6.54 Å². The first kappa shape index (κ1) is 19.0. The van der Waals surface area contributed by atoms with Crippen LogP contribution in [0.1, 0.15) is 47.5 Å². The van der Waals surface area contributed by atoms with Gasteiger partial charge in [0.25, 0.3) is 0 Å². The molecule has 128 valence electrons. The van der Waals surface area contributed by atoms with Crippen molar-refractivity contribution in [2.24, 2.45) is 28.0 Å². The fourth-order valence-electron chi connectivity index (χ4n) is 2.15. The number of amidine groups is 2. The highest BCUT2D eigenvalue weighted by Gasteiger charge is 2.36. The fourth-order valence-corrected chi connectivity index (χ4v) is 2.15. The van der Waals surface area contributed by atoms with Gasteiger partial charge in [0.2, 0.25) is 11.8 Å². The Kier molecular flexibility index (Phi) is 5.80. The van der Waals surface area contributed by atoms with Crippen LogP contribution in [0, 0.1) is 28.1 Å². The summed E-state index contributed by atoms with van der Waals surface area (Å²) in [7, 11) is 0. The average molecular weight is 321 g/mol. The van der Waals surface area contributed by atoms with Gasteiger partial charge < -0.3 is 11.1 Å². The lowest BCUT2D eigenvalue weighted by Crippen LogP contribution is -2.36. The van der Waals surface area contributed by atoms with Gasteiger partial charge in [-0.15, -0.1) is 0 Å². The van der Waals surface area contributed by atoms with Crippen LogP contribution in [0.15, 0.2) is 4.99 Å². The molecule has 1 aliphatic heterocycles. The molecule has 7 nitrogen and oxygen atoms in total. The predicted octanol–water partition coefficient (Wildman–Crippen LogP) is 1.81. The molecule has 1 heterocycles. The maximum absolute atomic E-state index is 11.9. The van der Waals surface area contributed by atoms with Gasteiger partial charge in [0.1, 0.15) is 11.7 Å². The largest absolute Gasteiger partial charge is 0.387 e. The summed E-state index contributed by atoms with van der Waals surface area (Å²) in [6.45, 7) is 9.36. The minimum absolute atomic E-state index is 0.0179. The van der Waals surface area contributed by atoms with E-state index in [1.807, 2.05) is 20.8 Å². The van der Waals surface area contributed by atoms with E-state index < -0.39 is 5.92 Å². The molecule has 0 aromatic heterocycles. The molecule has 2 unspecified atom stereocenters. The van der Waals surface area contributed by atoms with Crippen molar-refractivity contribution in [2.45, 2.75) is 47.5 Å². The molecule has 0 aromatic rings. The van der Waals surface area contributed by atoms with Crippen molar-refractivity contribution in [3.63, 3.8) is 0 Å². The van der Waals surface area contributed by atoms with Crippen LogP contribution in [0.5, 0.6) is 0 Å². The first-order valence-electron chi connectivity index (χ1n) is 7.77. The predicted molar refractivity (Wildman–Crippen MR) is 90.8 cm³/mol. The number of nitrogens with two attached hydrogens (primary N) is 1. The summed E-state index contributed by atoms with van der Waals surface area (Å²) < 4.78 is 0. The Morgan fingerprint density at radius 1 is 1.39 bits per heavy atom. The monoisotopic (exact) mass is 321 g/mol. The molecule has 0 aromatic carbocycles. The molecule has 0 saturated carbocycles. The van der Waals surface area contributed by atoms with Crippen LogP contribution in [0.4, 0.5) is 0 Å². The molecule has 1 fully saturated rings.